The summed E-state index contributed by atoms with van der Waals surface area (Å²) in [6.45, 7) is 5.81. The summed E-state index contributed by atoms with van der Waals surface area (Å²) in [4.78, 5) is 27.1. The zero-order valence-electron chi connectivity index (χ0n) is 16.6. The van der Waals surface area contributed by atoms with Gasteiger partial charge in [-0.25, -0.2) is 4.79 Å². The molecule has 1 heterocycles. The lowest BCUT2D eigenvalue weighted by Crippen LogP contribution is -2.30. The summed E-state index contributed by atoms with van der Waals surface area (Å²) in [6, 6.07) is 17.4. The van der Waals surface area contributed by atoms with Gasteiger partial charge in [0.05, 0.1) is 11.9 Å². The number of carbonyl (C=O) groups is 2. The van der Waals surface area contributed by atoms with Crippen LogP contribution in [0.3, 0.4) is 0 Å². The predicted octanol–water partition coefficient (Wildman–Crippen LogP) is 4.29. The van der Waals surface area contributed by atoms with E-state index in [9.17, 15) is 14.9 Å². The predicted molar refractivity (Wildman–Crippen MR) is 114 cm³/mol. The maximum Gasteiger partial charge on any atom is 0.351 e. The molecule has 1 aliphatic heterocycles. The Kier molecular flexibility index (Phi) is 6.40. The van der Waals surface area contributed by atoms with E-state index in [-0.39, 0.29) is 18.1 Å². The minimum Gasteiger partial charge on any atom is -0.462 e. The van der Waals surface area contributed by atoms with Gasteiger partial charge in [-0.1, -0.05) is 59.3 Å². The van der Waals surface area contributed by atoms with Crippen molar-refractivity contribution < 1.29 is 14.3 Å². The monoisotopic (exact) mass is 406 g/mol. The van der Waals surface area contributed by atoms with Crippen molar-refractivity contribution in [2.24, 2.45) is 0 Å². The van der Waals surface area contributed by atoms with Crippen molar-refractivity contribution in [3.8, 4) is 6.07 Å². The molecule has 1 amide bonds. The van der Waals surface area contributed by atoms with Gasteiger partial charge in [-0.15, -0.1) is 0 Å². The Morgan fingerprint density at radius 1 is 1.10 bits per heavy atom. The highest BCUT2D eigenvalue weighted by atomic mass is 32.2. The maximum atomic E-state index is 13.3. The number of esters is 1. The molecule has 148 valence electrons. The van der Waals surface area contributed by atoms with E-state index in [0.29, 0.717) is 17.1 Å². The van der Waals surface area contributed by atoms with Gasteiger partial charge in [0.1, 0.15) is 11.1 Å². The molecule has 29 heavy (non-hydrogen) atoms. The lowest BCUT2D eigenvalue weighted by molar-refractivity contribution is -0.138. The summed E-state index contributed by atoms with van der Waals surface area (Å²) in [5.41, 5.74) is 3.72. The van der Waals surface area contributed by atoms with E-state index < -0.39 is 11.2 Å². The van der Waals surface area contributed by atoms with E-state index in [4.69, 9.17) is 4.74 Å². The van der Waals surface area contributed by atoms with E-state index in [2.05, 4.69) is 0 Å². The van der Waals surface area contributed by atoms with Gasteiger partial charge < -0.3 is 4.74 Å². The lowest BCUT2D eigenvalue weighted by atomic mass is 10.1. The van der Waals surface area contributed by atoms with Crippen LogP contribution in [-0.4, -0.2) is 23.7 Å². The van der Waals surface area contributed by atoms with Gasteiger partial charge in [0.25, 0.3) is 0 Å². The second-order valence-electron chi connectivity index (χ2n) is 6.82. The first-order valence-electron chi connectivity index (χ1n) is 9.39. The molecule has 0 spiro atoms. The molecule has 0 bridgehead atoms. The van der Waals surface area contributed by atoms with Gasteiger partial charge in [0, 0.05) is 5.69 Å². The highest BCUT2D eigenvalue weighted by Crippen LogP contribution is 2.42. The van der Waals surface area contributed by atoms with E-state index in [0.717, 1.165) is 16.7 Å². The molecular weight excluding hydrogens is 384 g/mol. The van der Waals surface area contributed by atoms with Gasteiger partial charge in [-0.3, -0.25) is 9.69 Å². The minimum absolute atomic E-state index is 0.141. The Morgan fingerprint density at radius 3 is 2.24 bits per heavy atom. The molecule has 0 saturated carbocycles. The number of nitrogens with zero attached hydrogens (tertiary/aromatic N) is 2. The number of benzene rings is 2. The minimum atomic E-state index is -0.710. The summed E-state index contributed by atoms with van der Waals surface area (Å²) in [6.07, 6.45) is 0.511. The Labute approximate surface area is 175 Å². The Balaban J connectivity index is 2.02. The number of thioether (sulfide) groups is 1. The maximum absolute atomic E-state index is 13.3. The molecule has 1 saturated heterocycles. The van der Waals surface area contributed by atoms with Gasteiger partial charge in [0.2, 0.25) is 5.91 Å². The number of amides is 1. The van der Waals surface area contributed by atoms with Crippen molar-refractivity contribution >= 4 is 29.3 Å². The third kappa shape index (κ3) is 4.52. The van der Waals surface area contributed by atoms with Crippen LogP contribution in [0.5, 0.6) is 0 Å². The zero-order valence-corrected chi connectivity index (χ0v) is 17.5. The molecule has 0 N–H and O–H groups in total. The average molecular weight is 407 g/mol. The van der Waals surface area contributed by atoms with Crippen LogP contribution in [0, 0.1) is 25.2 Å². The van der Waals surface area contributed by atoms with Gasteiger partial charge in [-0.05, 0) is 44.9 Å². The molecular formula is C23H22N2O3S. The molecule has 3 rings (SSSR count). The molecule has 0 aliphatic carbocycles. The molecule has 2 aromatic rings. The number of anilines is 1. The molecule has 2 aromatic carbocycles. The molecule has 1 aliphatic rings. The third-order valence-corrected chi connectivity index (χ3v) is 5.85. The molecule has 0 radical (unpaired) electrons. The normalized spacial score (nSPS) is 17.8. The number of aryl methyl sites for hydroxylation is 2. The van der Waals surface area contributed by atoms with Crippen molar-refractivity contribution in [3.05, 3.63) is 75.8 Å². The van der Waals surface area contributed by atoms with E-state index in [1.54, 1.807) is 6.92 Å². The molecule has 1 fully saturated rings. The summed E-state index contributed by atoms with van der Waals surface area (Å²) in [5, 5.41) is 9.53. The van der Waals surface area contributed by atoms with Crippen molar-refractivity contribution in [3.63, 3.8) is 0 Å². The summed E-state index contributed by atoms with van der Waals surface area (Å²) < 4.78 is 5.04. The van der Waals surface area contributed by atoms with Crippen LogP contribution in [-0.2, 0) is 20.7 Å². The van der Waals surface area contributed by atoms with E-state index in [1.807, 2.05) is 68.4 Å². The second-order valence-corrected chi connectivity index (χ2v) is 8.01. The Morgan fingerprint density at radius 2 is 1.69 bits per heavy atom. The molecule has 1 unspecified atom stereocenters. The quantitative estimate of drug-likeness (QED) is 0.421. The standard InChI is InChI=1S/C23H22N2O3S/c1-4-28-23(27)19(14-24)22-25(18-11-7-16(3)8-12-18)21(26)20(29-22)13-17-9-5-15(2)6-10-17/h5-12,20H,4,13H2,1-3H3/b22-19-. The first kappa shape index (κ1) is 20.7. The third-order valence-electron chi connectivity index (χ3n) is 4.59. The van der Waals surface area contributed by atoms with Crippen LogP contribution < -0.4 is 4.90 Å². The molecule has 6 heteroatoms. The number of nitriles is 1. The number of carbonyl (C=O) groups excluding carboxylic acids is 2. The van der Waals surface area contributed by atoms with Crippen LogP contribution >= 0.6 is 11.8 Å². The molecule has 0 aromatic heterocycles. The van der Waals surface area contributed by atoms with Gasteiger partial charge in [-0.2, -0.15) is 5.26 Å². The van der Waals surface area contributed by atoms with Crippen LogP contribution in [0.2, 0.25) is 0 Å². The second kappa shape index (κ2) is 8.97. The summed E-state index contributed by atoms with van der Waals surface area (Å²) >= 11 is 1.24. The fourth-order valence-electron chi connectivity index (χ4n) is 3.04. The van der Waals surface area contributed by atoms with Gasteiger partial charge in [0.15, 0.2) is 5.57 Å². The zero-order chi connectivity index (χ0) is 21.0. The number of hydrogen-bond donors (Lipinski definition) is 0. The topological polar surface area (TPSA) is 70.4 Å². The first-order valence-corrected chi connectivity index (χ1v) is 10.3. The molecule has 5 nitrogen and oxygen atoms in total. The van der Waals surface area contributed by atoms with Crippen LogP contribution in [0.25, 0.3) is 0 Å². The molecule has 1 atom stereocenters. The Hall–Kier alpha value is -3.04. The smallest absolute Gasteiger partial charge is 0.351 e. The largest absolute Gasteiger partial charge is 0.462 e. The van der Waals surface area contributed by atoms with Crippen LogP contribution in [0.1, 0.15) is 23.6 Å². The first-order chi connectivity index (χ1) is 13.9. The van der Waals surface area contributed by atoms with Crippen LogP contribution in [0.15, 0.2) is 59.1 Å². The average Bonchev–Trinajstić information content (AvgIpc) is 3.01. The fraction of sp³-hybridized carbons (Fsp3) is 0.261. The van der Waals surface area contributed by atoms with Crippen LogP contribution in [0.4, 0.5) is 5.69 Å². The number of rotatable bonds is 5. The number of hydrogen-bond acceptors (Lipinski definition) is 5. The Bertz CT molecular complexity index is 988. The summed E-state index contributed by atoms with van der Waals surface area (Å²) in [5.74, 6) is -0.857. The van der Waals surface area contributed by atoms with Crippen molar-refractivity contribution in [1.29, 1.82) is 5.26 Å². The summed E-state index contributed by atoms with van der Waals surface area (Å²) in [7, 11) is 0. The van der Waals surface area contributed by atoms with Crippen molar-refractivity contribution in [2.45, 2.75) is 32.4 Å². The highest BCUT2D eigenvalue weighted by molar-refractivity contribution is 8.05. The SMILES string of the molecule is CCOC(=O)/C(C#N)=C1\SC(Cc2ccc(C)cc2)C(=O)N1c1ccc(C)cc1. The number of ether oxygens (including phenoxy) is 1. The van der Waals surface area contributed by atoms with Crippen molar-refractivity contribution in [1.82, 2.24) is 0 Å². The highest BCUT2D eigenvalue weighted by Gasteiger charge is 2.41. The van der Waals surface area contributed by atoms with E-state index in [1.165, 1.54) is 16.7 Å². The lowest BCUT2D eigenvalue weighted by Gasteiger charge is -2.18. The fourth-order valence-corrected chi connectivity index (χ4v) is 4.34. The van der Waals surface area contributed by atoms with Crippen molar-refractivity contribution in [2.75, 3.05) is 11.5 Å². The van der Waals surface area contributed by atoms with Gasteiger partial charge >= 0.3 is 5.97 Å². The van der Waals surface area contributed by atoms with E-state index >= 15 is 0 Å².